The molecule has 0 amide bonds. The van der Waals surface area contributed by atoms with Crippen LogP contribution in [-0.2, 0) is 4.74 Å². The first kappa shape index (κ1) is 17.8. The van der Waals surface area contributed by atoms with Crippen LogP contribution in [0.15, 0.2) is 5.16 Å². The van der Waals surface area contributed by atoms with E-state index in [1.165, 1.54) is 11.8 Å². The minimum Gasteiger partial charge on any atom is -0.394 e. The molecule has 0 spiro atoms. The third-order valence-corrected chi connectivity index (χ3v) is 5.23. The van der Waals surface area contributed by atoms with E-state index in [1.807, 2.05) is 0 Å². The van der Waals surface area contributed by atoms with Crippen molar-refractivity contribution in [3.05, 3.63) is 5.15 Å². The van der Waals surface area contributed by atoms with Gasteiger partial charge in [-0.25, -0.2) is 14.6 Å². The molecule has 2 aromatic heterocycles. The first-order chi connectivity index (χ1) is 11.6. The van der Waals surface area contributed by atoms with Crippen LogP contribution >= 0.6 is 23.4 Å². The fourth-order valence-corrected chi connectivity index (χ4v) is 3.76. The lowest BCUT2D eigenvalue weighted by atomic mass is 10.2. The van der Waals surface area contributed by atoms with Crippen molar-refractivity contribution in [1.29, 1.82) is 0 Å². The number of halogens is 1. The summed E-state index contributed by atoms with van der Waals surface area (Å²) in [4.78, 5) is 8.78. The second-order valence-electron chi connectivity index (χ2n) is 5.68. The zero-order valence-electron chi connectivity index (χ0n) is 13.3. The zero-order valence-corrected chi connectivity index (χ0v) is 14.9. The molecular formula is C14H20ClN5O3S. The molecule has 2 aromatic rings. The summed E-state index contributed by atoms with van der Waals surface area (Å²) >= 11 is 7.74. The largest absolute Gasteiger partial charge is 0.394 e. The van der Waals surface area contributed by atoms with E-state index in [-0.39, 0.29) is 30.5 Å². The van der Waals surface area contributed by atoms with Crippen molar-refractivity contribution in [3.63, 3.8) is 0 Å². The number of thioether (sulfide) groups is 1. The molecule has 24 heavy (non-hydrogen) atoms. The number of aliphatic hydroxyl groups excluding tert-OH is 2. The van der Waals surface area contributed by atoms with Gasteiger partial charge < -0.3 is 14.9 Å². The number of ether oxygens (including phenoxy) is 1. The van der Waals surface area contributed by atoms with E-state index in [9.17, 15) is 5.11 Å². The molecule has 0 aliphatic heterocycles. The first-order valence-corrected chi connectivity index (χ1v) is 9.32. The summed E-state index contributed by atoms with van der Waals surface area (Å²) in [6.45, 7) is 2.23. The fourth-order valence-electron chi connectivity index (χ4n) is 2.82. The molecular weight excluding hydrogens is 354 g/mol. The smallest absolute Gasteiger partial charge is 0.191 e. The Morgan fingerprint density at radius 2 is 2.21 bits per heavy atom. The van der Waals surface area contributed by atoms with Gasteiger partial charge in [0.05, 0.1) is 31.5 Å². The van der Waals surface area contributed by atoms with Crippen LogP contribution in [0.1, 0.15) is 32.2 Å². The molecule has 1 fully saturated rings. The van der Waals surface area contributed by atoms with E-state index in [1.54, 1.807) is 4.68 Å². The summed E-state index contributed by atoms with van der Waals surface area (Å²) in [7, 11) is 0. The van der Waals surface area contributed by atoms with Crippen molar-refractivity contribution < 1.29 is 14.9 Å². The van der Waals surface area contributed by atoms with E-state index in [0.29, 0.717) is 29.2 Å². The Balaban J connectivity index is 1.85. The average molecular weight is 374 g/mol. The van der Waals surface area contributed by atoms with Gasteiger partial charge in [0.2, 0.25) is 0 Å². The Hall–Kier alpha value is -1.00. The van der Waals surface area contributed by atoms with E-state index >= 15 is 0 Å². The molecule has 0 aromatic carbocycles. The van der Waals surface area contributed by atoms with Crippen molar-refractivity contribution in [2.75, 3.05) is 19.0 Å². The zero-order chi connectivity index (χ0) is 17.1. The topological polar surface area (TPSA) is 106 Å². The molecule has 1 aliphatic carbocycles. The summed E-state index contributed by atoms with van der Waals surface area (Å²) in [6.07, 6.45) is 1.16. The minimum absolute atomic E-state index is 0.0685. The van der Waals surface area contributed by atoms with Crippen molar-refractivity contribution in [2.45, 2.75) is 49.6 Å². The predicted molar refractivity (Wildman–Crippen MR) is 90.2 cm³/mol. The fraction of sp³-hybridized carbons (Fsp3) is 0.714. The summed E-state index contributed by atoms with van der Waals surface area (Å²) in [6, 6.07) is -0.0799. The van der Waals surface area contributed by atoms with E-state index < -0.39 is 6.10 Å². The van der Waals surface area contributed by atoms with Gasteiger partial charge in [-0.1, -0.05) is 35.5 Å². The maximum Gasteiger partial charge on any atom is 0.191 e. The Kier molecular flexibility index (Phi) is 5.88. The van der Waals surface area contributed by atoms with E-state index in [4.69, 9.17) is 21.4 Å². The molecule has 8 nitrogen and oxygen atoms in total. The number of nitrogens with zero attached hydrogens (tertiary/aromatic N) is 5. The lowest BCUT2D eigenvalue weighted by Gasteiger charge is -2.14. The number of hydrogen-bond donors (Lipinski definition) is 2. The molecule has 0 bridgehead atoms. The van der Waals surface area contributed by atoms with Gasteiger partial charge in [-0.2, -0.15) is 0 Å². The molecule has 0 saturated heterocycles. The molecule has 2 N–H and O–H groups in total. The highest BCUT2D eigenvalue weighted by atomic mass is 35.5. The lowest BCUT2D eigenvalue weighted by molar-refractivity contribution is -0.0303. The summed E-state index contributed by atoms with van der Waals surface area (Å²) in [5.74, 6) is 0.905. The van der Waals surface area contributed by atoms with Gasteiger partial charge in [0.15, 0.2) is 21.5 Å². The number of hydrogen-bond acceptors (Lipinski definition) is 8. The normalized spacial score (nSPS) is 24.1. The quantitative estimate of drug-likeness (QED) is 0.426. The van der Waals surface area contributed by atoms with Crippen molar-refractivity contribution in [1.82, 2.24) is 25.0 Å². The highest BCUT2D eigenvalue weighted by molar-refractivity contribution is 7.99. The predicted octanol–water partition coefficient (Wildman–Crippen LogP) is 1.45. The van der Waals surface area contributed by atoms with Crippen molar-refractivity contribution in [2.24, 2.45) is 0 Å². The second-order valence-corrected chi connectivity index (χ2v) is 7.10. The maximum atomic E-state index is 10.2. The lowest BCUT2D eigenvalue weighted by Crippen LogP contribution is -2.23. The average Bonchev–Trinajstić information content (AvgIpc) is 3.14. The van der Waals surface area contributed by atoms with Crippen molar-refractivity contribution in [3.8, 4) is 0 Å². The highest BCUT2D eigenvalue weighted by Gasteiger charge is 2.36. The SMILES string of the molecule is CCCSc1nc(Cl)c2nnn([C@@H]3C[C@H](OCCO)[C@@H](O)C3)c2n1. The molecule has 1 saturated carbocycles. The van der Waals surface area contributed by atoms with Crippen LogP contribution in [0.4, 0.5) is 0 Å². The van der Waals surface area contributed by atoms with Gasteiger partial charge in [0.1, 0.15) is 0 Å². The second kappa shape index (κ2) is 7.92. The molecule has 10 heteroatoms. The molecule has 3 rings (SSSR count). The van der Waals surface area contributed by atoms with E-state index in [0.717, 1.165) is 12.2 Å². The maximum absolute atomic E-state index is 10.2. The first-order valence-electron chi connectivity index (χ1n) is 7.95. The molecule has 1 aliphatic rings. The third-order valence-electron chi connectivity index (χ3n) is 3.91. The highest BCUT2D eigenvalue weighted by Crippen LogP contribution is 2.34. The Morgan fingerprint density at radius 3 is 2.96 bits per heavy atom. The number of aliphatic hydroxyl groups is 2. The van der Waals surface area contributed by atoms with Gasteiger partial charge in [-0.05, 0) is 19.3 Å². The van der Waals surface area contributed by atoms with Gasteiger partial charge in [0.25, 0.3) is 0 Å². The molecule has 0 unspecified atom stereocenters. The number of fused-ring (bicyclic) bond motifs is 1. The summed E-state index contributed by atoms with van der Waals surface area (Å²) in [5, 5.41) is 28.2. The number of aromatic nitrogens is 5. The third kappa shape index (κ3) is 3.65. The van der Waals surface area contributed by atoms with E-state index in [2.05, 4.69) is 27.2 Å². The van der Waals surface area contributed by atoms with Crippen LogP contribution in [0, 0.1) is 0 Å². The van der Waals surface area contributed by atoms with Gasteiger partial charge in [-0.15, -0.1) is 5.10 Å². The van der Waals surface area contributed by atoms with Crippen LogP contribution in [0.2, 0.25) is 5.15 Å². The van der Waals surface area contributed by atoms with Crippen molar-refractivity contribution >= 4 is 34.5 Å². The summed E-state index contributed by atoms with van der Waals surface area (Å²) in [5.41, 5.74) is 1.04. The van der Waals surface area contributed by atoms with Crippen LogP contribution in [0.5, 0.6) is 0 Å². The standard InChI is InChI=1S/C14H20ClN5O3S/c1-2-5-24-14-16-12(15)11-13(17-14)20(19-18-11)8-6-9(22)10(7-8)23-4-3-21/h8-10,21-22H,2-7H2,1H3/t8-,9-,10-/m0/s1. The Bertz CT molecular complexity index is 700. The number of rotatable bonds is 7. The molecule has 3 atom stereocenters. The minimum atomic E-state index is -0.605. The summed E-state index contributed by atoms with van der Waals surface area (Å²) < 4.78 is 7.18. The molecule has 0 radical (unpaired) electrons. The van der Waals surface area contributed by atoms with Crippen LogP contribution < -0.4 is 0 Å². The van der Waals surface area contributed by atoms with Crippen LogP contribution in [-0.4, -0.2) is 66.3 Å². The Morgan fingerprint density at radius 1 is 1.38 bits per heavy atom. The van der Waals surface area contributed by atoms with Crippen LogP contribution in [0.25, 0.3) is 11.2 Å². The van der Waals surface area contributed by atoms with Gasteiger partial charge >= 0.3 is 0 Å². The van der Waals surface area contributed by atoms with Crippen LogP contribution in [0.3, 0.4) is 0 Å². The molecule has 2 heterocycles. The Labute approximate surface area is 148 Å². The van der Waals surface area contributed by atoms with Gasteiger partial charge in [0, 0.05) is 5.75 Å². The monoisotopic (exact) mass is 373 g/mol. The van der Waals surface area contributed by atoms with Gasteiger partial charge in [-0.3, -0.25) is 0 Å². The molecule has 132 valence electrons.